The smallest absolute Gasteiger partial charge is 0.202 e. The highest BCUT2D eigenvalue weighted by Crippen LogP contribution is 2.24. The van der Waals surface area contributed by atoms with Gasteiger partial charge in [-0.3, -0.25) is 4.57 Å². The van der Waals surface area contributed by atoms with E-state index in [0.29, 0.717) is 12.6 Å². The van der Waals surface area contributed by atoms with E-state index in [0.717, 1.165) is 29.6 Å². The summed E-state index contributed by atoms with van der Waals surface area (Å²) in [6.45, 7) is 4.77. The van der Waals surface area contributed by atoms with Crippen LogP contribution in [0.2, 0.25) is 0 Å². The summed E-state index contributed by atoms with van der Waals surface area (Å²) in [6, 6.07) is 2.20. The van der Waals surface area contributed by atoms with Gasteiger partial charge >= 0.3 is 0 Å². The Balaban J connectivity index is 2.50. The number of fused-ring (bicyclic) bond motifs is 1. The highest BCUT2D eigenvalue weighted by Gasteiger charge is 2.18. The number of anilines is 1. The van der Waals surface area contributed by atoms with Crippen molar-refractivity contribution in [2.75, 3.05) is 19.5 Å². The SMILES string of the molecule is CCCC(COC)n1c(N)nc2cc(C)cnc21. The van der Waals surface area contributed by atoms with Crippen molar-refractivity contribution < 1.29 is 4.74 Å². The maximum Gasteiger partial charge on any atom is 0.202 e. The fourth-order valence-corrected chi connectivity index (χ4v) is 2.27. The van der Waals surface area contributed by atoms with E-state index in [4.69, 9.17) is 10.5 Å². The van der Waals surface area contributed by atoms with Gasteiger partial charge in [0.05, 0.1) is 12.6 Å². The first-order chi connectivity index (χ1) is 8.67. The maximum absolute atomic E-state index is 6.02. The summed E-state index contributed by atoms with van der Waals surface area (Å²) in [5, 5.41) is 0. The van der Waals surface area contributed by atoms with E-state index >= 15 is 0 Å². The fraction of sp³-hybridized carbons (Fsp3) is 0.538. The zero-order valence-corrected chi connectivity index (χ0v) is 11.2. The number of rotatable bonds is 5. The molecule has 0 aliphatic carbocycles. The molecule has 1 atom stereocenters. The summed E-state index contributed by atoms with van der Waals surface area (Å²) >= 11 is 0. The number of nitrogen functional groups attached to an aromatic ring is 1. The van der Waals surface area contributed by atoms with Crippen LogP contribution in [0.15, 0.2) is 12.3 Å². The van der Waals surface area contributed by atoms with Crippen LogP contribution >= 0.6 is 0 Å². The molecule has 0 spiro atoms. The summed E-state index contributed by atoms with van der Waals surface area (Å²) < 4.78 is 7.26. The van der Waals surface area contributed by atoms with Crippen molar-refractivity contribution in [1.82, 2.24) is 14.5 Å². The minimum absolute atomic E-state index is 0.195. The van der Waals surface area contributed by atoms with E-state index in [-0.39, 0.29) is 6.04 Å². The lowest BCUT2D eigenvalue weighted by Gasteiger charge is -2.18. The third kappa shape index (κ3) is 2.31. The number of methoxy groups -OCH3 is 1. The zero-order valence-electron chi connectivity index (χ0n) is 11.2. The Bertz CT molecular complexity index is 529. The molecule has 5 heteroatoms. The Morgan fingerprint density at radius 1 is 1.50 bits per heavy atom. The summed E-state index contributed by atoms with van der Waals surface area (Å²) in [4.78, 5) is 8.83. The number of hydrogen-bond donors (Lipinski definition) is 1. The molecule has 0 aromatic carbocycles. The van der Waals surface area contributed by atoms with Gasteiger partial charge in [-0.15, -0.1) is 0 Å². The summed E-state index contributed by atoms with van der Waals surface area (Å²) in [7, 11) is 1.70. The number of pyridine rings is 1. The highest BCUT2D eigenvalue weighted by atomic mass is 16.5. The second-order valence-corrected chi connectivity index (χ2v) is 4.59. The van der Waals surface area contributed by atoms with Gasteiger partial charge in [0.2, 0.25) is 5.95 Å². The Labute approximate surface area is 107 Å². The normalized spacial score (nSPS) is 13.1. The molecule has 0 aliphatic heterocycles. The highest BCUT2D eigenvalue weighted by molar-refractivity contribution is 5.74. The summed E-state index contributed by atoms with van der Waals surface area (Å²) in [6.07, 6.45) is 3.91. The van der Waals surface area contributed by atoms with Crippen molar-refractivity contribution in [2.45, 2.75) is 32.7 Å². The molecular formula is C13H20N4O. The van der Waals surface area contributed by atoms with Gasteiger partial charge in [-0.2, -0.15) is 0 Å². The molecule has 0 fully saturated rings. The molecule has 2 aromatic heterocycles. The zero-order chi connectivity index (χ0) is 13.1. The molecule has 0 saturated heterocycles. The first-order valence-electron chi connectivity index (χ1n) is 6.26. The van der Waals surface area contributed by atoms with E-state index in [9.17, 15) is 0 Å². The monoisotopic (exact) mass is 248 g/mol. The molecule has 0 radical (unpaired) electrons. The number of hydrogen-bond acceptors (Lipinski definition) is 4. The third-order valence-electron chi connectivity index (χ3n) is 3.04. The average molecular weight is 248 g/mol. The van der Waals surface area contributed by atoms with Gasteiger partial charge in [0.15, 0.2) is 5.65 Å². The molecule has 1 unspecified atom stereocenters. The molecule has 0 amide bonds. The van der Waals surface area contributed by atoms with Crippen LogP contribution in [-0.2, 0) is 4.74 Å². The van der Waals surface area contributed by atoms with Gasteiger partial charge in [0.25, 0.3) is 0 Å². The lowest BCUT2D eigenvalue weighted by atomic mass is 10.2. The standard InChI is InChI=1S/C13H20N4O/c1-4-5-10(8-18-3)17-12-11(16-13(17)14)6-9(2)7-15-12/h6-7,10H,4-5,8H2,1-3H3,(H2,14,16). The van der Waals surface area contributed by atoms with Crippen molar-refractivity contribution in [3.8, 4) is 0 Å². The number of nitrogens with zero attached hydrogens (tertiary/aromatic N) is 3. The molecule has 2 aromatic rings. The molecule has 0 aliphatic rings. The van der Waals surface area contributed by atoms with Crippen molar-refractivity contribution in [1.29, 1.82) is 0 Å². The molecule has 0 bridgehead atoms. The van der Waals surface area contributed by atoms with Crippen LogP contribution in [0.5, 0.6) is 0 Å². The minimum Gasteiger partial charge on any atom is -0.383 e. The number of aromatic nitrogens is 3. The van der Waals surface area contributed by atoms with Crippen molar-refractivity contribution in [3.05, 3.63) is 17.8 Å². The Morgan fingerprint density at radius 2 is 2.28 bits per heavy atom. The molecular weight excluding hydrogens is 228 g/mol. The van der Waals surface area contributed by atoms with Gasteiger partial charge in [-0.1, -0.05) is 13.3 Å². The van der Waals surface area contributed by atoms with Crippen molar-refractivity contribution in [3.63, 3.8) is 0 Å². The van der Waals surface area contributed by atoms with E-state index in [2.05, 4.69) is 16.9 Å². The van der Waals surface area contributed by atoms with Crippen molar-refractivity contribution >= 4 is 17.1 Å². The number of aryl methyl sites for hydroxylation is 1. The fourth-order valence-electron chi connectivity index (χ4n) is 2.27. The van der Waals surface area contributed by atoms with Crippen LogP contribution in [0.1, 0.15) is 31.4 Å². The van der Waals surface area contributed by atoms with Crippen LogP contribution in [0, 0.1) is 6.92 Å². The topological polar surface area (TPSA) is 66.0 Å². The van der Waals surface area contributed by atoms with Gasteiger partial charge in [-0.05, 0) is 25.0 Å². The molecule has 98 valence electrons. The number of imidazole rings is 1. The summed E-state index contributed by atoms with van der Waals surface area (Å²) in [5.74, 6) is 0.513. The Kier molecular flexibility index (Phi) is 3.81. The van der Waals surface area contributed by atoms with Gasteiger partial charge < -0.3 is 10.5 Å². The van der Waals surface area contributed by atoms with Crippen LogP contribution in [0.4, 0.5) is 5.95 Å². The molecule has 2 rings (SSSR count). The molecule has 2 heterocycles. The van der Waals surface area contributed by atoms with Gasteiger partial charge in [0, 0.05) is 13.3 Å². The van der Waals surface area contributed by atoms with E-state index < -0.39 is 0 Å². The molecule has 2 N–H and O–H groups in total. The Morgan fingerprint density at radius 3 is 2.94 bits per heavy atom. The van der Waals surface area contributed by atoms with Gasteiger partial charge in [0.1, 0.15) is 5.52 Å². The molecule has 0 saturated carbocycles. The van der Waals surface area contributed by atoms with Crippen molar-refractivity contribution in [2.24, 2.45) is 0 Å². The predicted octanol–water partition coefficient (Wildman–Crippen LogP) is 2.31. The van der Waals surface area contributed by atoms with E-state index in [1.165, 1.54) is 0 Å². The van der Waals surface area contributed by atoms with E-state index in [1.807, 2.05) is 23.8 Å². The van der Waals surface area contributed by atoms with E-state index in [1.54, 1.807) is 7.11 Å². The number of nitrogens with two attached hydrogens (primary N) is 1. The summed E-state index contributed by atoms with van der Waals surface area (Å²) in [5.41, 5.74) is 8.80. The average Bonchev–Trinajstić information content (AvgIpc) is 2.64. The number of ether oxygens (including phenoxy) is 1. The molecule has 18 heavy (non-hydrogen) atoms. The Hall–Kier alpha value is -1.62. The third-order valence-corrected chi connectivity index (χ3v) is 3.04. The lowest BCUT2D eigenvalue weighted by molar-refractivity contribution is 0.152. The van der Waals surface area contributed by atoms with Crippen LogP contribution in [0.3, 0.4) is 0 Å². The van der Waals surface area contributed by atoms with Crippen LogP contribution in [0.25, 0.3) is 11.2 Å². The second kappa shape index (κ2) is 5.35. The van der Waals surface area contributed by atoms with Crippen LogP contribution < -0.4 is 5.73 Å². The first-order valence-corrected chi connectivity index (χ1v) is 6.26. The first kappa shape index (κ1) is 12.8. The molecule has 5 nitrogen and oxygen atoms in total. The van der Waals surface area contributed by atoms with Gasteiger partial charge in [-0.25, -0.2) is 9.97 Å². The largest absolute Gasteiger partial charge is 0.383 e. The quantitative estimate of drug-likeness (QED) is 0.881. The van der Waals surface area contributed by atoms with Crippen LogP contribution in [-0.4, -0.2) is 28.3 Å². The lowest BCUT2D eigenvalue weighted by Crippen LogP contribution is -2.17. The predicted molar refractivity (Wildman–Crippen MR) is 72.5 cm³/mol. The maximum atomic E-state index is 6.02. The minimum atomic E-state index is 0.195. The second-order valence-electron chi connectivity index (χ2n) is 4.59.